The summed E-state index contributed by atoms with van der Waals surface area (Å²) >= 11 is 0. The van der Waals surface area contributed by atoms with Crippen molar-refractivity contribution in [2.75, 3.05) is 18.9 Å². The van der Waals surface area contributed by atoms with Gasteiger partial charge in [-0.05, 0) is 31.4 Å². The van der Waals surface area contributed by atoms with Crippen LogP contribution < -0.4 is 16.0 Å². The summed E-state index contributed by atoms with van der Waals surface area (Å²) in [6, 6.07) is 3.68. The Bertz CT molecular complexity index is 470. The summed E-state index contributed by atoms with van der Waals surface area (Å²) in [7, 11) is 1.73. The van der Waals surface area contributed by atoms with Crippen LogP contribution >= 0.6 is 0 Å². The molecular weight excluding hydrogens is 258 g/mol. The minimum absolute atomic E-state index is 0.0555. The van der Waals surface area contributed by atoms with E-state index in [-0.39, 0.29) is 17.5 Å². The molecular formula is C13H19N5O2. The van der Waals surface area contributed by atoms with Gasteiger partial charge in [-0.1, -0.05) is 0 Å². The van der Waals surface area contributed by atoms with Crippen molar-refractivity contribution < 1.29 is 9.59 Å². The van der Waals surface area contributed by atoms with Crippen LogP contribution in [-0.2, 0) is 4.79 Å². The minimum Gasteiger partial charge on any atom is -0.372 e. The molecule has 7 nitrogen and oxygen atoms in total. The van der Waals surface area contributed by atoms with Gasteiger partial charge in [0.2, 0.25) is 5.91 Å². The first kappa shape index (κ1) is 14.2. The molecule has 108 valence electrons. The number of rotatable bonds is 7. The van der Waals surface area contributed by atoms with Crippen molar-refractivity contribution in [2.24, 2.45) is 0 Å². The van der Waals surface area contributed by atoms with Crippen LogP contribution in [0.25, 0.3) is 0 Å². The minimum atomic E-state index is -0.275. The molecule has 0 aliphatic heterocycles. The van der Waals surface area contributed by atoms with Crippen LogP contribution in [0.15, 0.2) is 12.1 Å². The van der Waals surface area contributed by atoms with Gasteiger partial charge in [-0.15, -0.1) is 10.2 Å². The zero-order valence-electron chi connectivity index (χ0n) is 11.5. The predicted octanol–water partition coefficient (Wildman–Crippen LogP) is 0.307. The van der Waals surface area contributed by atoms with E-state index in [2.05, 4.69) is 26.1 Å². The molecule has 0 aromatic carbocycles. The van der Waals surface area contributed by atoms with Gasteiger partial charge < -0.3 is 16.0 Å². The Balaban J connectivity index is 1.64. The number of carbonyl (C=O) groups is 2. The summed E-state index contributed by atoms with van der Waals surface area (Å²) in [5.74, 6) is 0.390. The second-order valence-corrected chi connectivity index (χ2v) is 4.76. The lowest BCUT2D eigenvalue weighted by molar-refractivity contribution is -0.121. The van der Waals surface area contributed by atoms with Crippen LogP contribution in [0, 0.1) is 0 Å². The third-order valence-electron chi connectivity index (χ3n) is 2.96. The predicted molar refractivity (Wildman–Crippen MR) is 74.3 cm³/mol. The van der Waals surface area contributed by atoms with E-state index in [1.165, 1.54) is 0 Å². The van der Waals surface area contributed by atoms with E-state index in [4.69, 9.17) is 0 Å². The maximum Gasteiger partial charge on any atom is 0.271 e. The maximum atomic E-state index is 11.7. The number of aromatic nitrogens is 2. The molecule has 20 heavy (non-hydrogen) atoms. The second-order valence-electron chi connectivity index (χ2n) is 4.76. The first-order valence-electron chi connectivity index (χ1n) is 6.78. The van der Waals surface area contributed by atoms with Gasteiger partial charge in [0.15, 0.2) is 5.69 Å². The van der Waals surface area contributed by atoms with Crippen molar-refractivity contribution in [1.29, 1.82) is 0 Å². The fourth-order valence-corrected chi connectivity index (χ4v) is 1.66. The second kappa shape index (κ2) is 6.83. The van der Waals surface area contributed by atoms with Gasteiger partial charge in [0, 0.05) is 26.1 Å². The number of amides is 2. The van der Waals surface area contributed by atoms with Gasteiger partial charge in [0.05, 0.1) is 0 Å². The number of carbonyl (C=O) groups excluding carboxylic acids is 2. The topological polar surface area (TPSA) is 96.0 Å². The van der Waals surface area contributed by atoms with E-state index < -0.39 is 0 Å². The smallest absolute Gasteiger partial charge is 0.271 e. The molecule has 1 aromatic heterocycles. The number of nitrogens with zero attached hydrogens (tertiary/aromatic N) is 2. The fourth-order valence-electron chi connectivity index (χ4n) is 1.66. The molecule has 1 aliphatic carbocycles. The van der Waals surface area contributed by atoms with Gasteiger partial charge >= 0.3 is 0 Å². The molecule has 0 saturated heterocycles. The van der Waals surface area contributed by atoms with Gasteiger partial charge in [-0.25, -0.2) is 0 Å². The van der Waals surface area contributed by atoms with Crippen molar-refractivity contribution in [3.63, 3.8) is 0 Å². The van der Waals surface area contributed by atoms with Crippen LogP contribution in [0.3, 0.4) is 0 Å². The van der Waals surface area contributed by atoms with Crippen LogP contribution in [0.4, 0.5) is 5.82 Å². The molecule has 1 fully saturated rings. The molecule has 7 heteroatoms. The molecule has 0 radical (unpaired) electrons. The van der Waals surface area contributed by atoms with Crippen molar-refractivity contribution in [1.82, 2.24) is 20.8 Å². The fraction of sp³-hybridized carbons (Fsp3) is 0.538. The highest BCUT2D eigenvalue weighted by molar-refractivity contribution is 5.92. The number of hydrogen-bond acceptors (Lipinski definition) is 5. The zero-order chi connectivity index (χ0) is 14.4. The lowest BCUT2D eigenvalue weighted by Crippen LogP contribution is -2.29. The quantitative estimate of drug-likeness (QED) is 0.623. The average Bonchev–Trinajstić information content (AvgIpc) is 3.27. The Morgan fingerprint density at radius 3 is 2.70 bits per heavy atom. The van der Waals surface area contributed by atoms with E-state index in [1.54, 1.807) is 19.2 Å². The molecule has 0 unspecified atom stereocenters. The summed E-state index contributed by atoms with van der Waals surface area (Å²) < 4.78 is 0. The molecule has 2 rings (SSSR count). The van der Waals surface area contributed by atoms with E-state index in [1.807, 2.05) is 0 Å². The summed E-state index contributed by atoms with van der Waals surface area (Å²) in [6.07, 6.45) is 3.22. The number of nitrogens with one attached hydrogen (secondary N) is 3. The zero-order valence-corrected chi connectivity index (χ0v) is 11.5. The Labute approximate surface area is 117 Å². The van der Waals surface area contributed by atoms with Crippen LogP contribution in [0.2, 0.25) is 0 Å². The molecule has 1 saturated carbocycles. The SMILES string of the molecule is CNc1ccc(C(=O)NCCCC(=O)NC2CC2)nn1. The van der Waals surface area contributed by atoms with E-state index in [9.17, 15) is 9.59 Å². The lowest BCUT2D eigenvalue weighted by atomic mass is 10.3. The van der Waals surface area contributed by atoms with Crippen LogP contribution in [0.5, 0.6) is 0 Å². The van der Waals surface area contributed by atoms with Gasteiger partial charge in [-0.3, -0.25) is 9.59 Å². The molecule has 3 N–H and O–H groups in total. The van der Waals surface area contributed by atoms with E-state index >= 15 is 0 Å². The summed E-state index contributed by atoms with van der Waals surface area (Å²) in [6.45, 7) is 0.451. The third-order valence-corrected chi connectivity index (χ3v) is 2.96. The summed E-state index contributed by atoms with van der Waals surface area (Å²) in [4.78, 5) is 23.2. The normalized spacial score (nSPS) is 13.7. The molecule has 0 atom stereocenters. The Morgan fingerprint density at radius 2 is 2.10 bits per heavy atom. The number of hydrogen-bond donors (Lipinski definition) is 3. The average molecular weight is 277 g/mol. The Hall–Kier alpha value is -2.18. The van der Waals surface area contributed by atoms with Crippen LogP contribution in [-0.4, -0.2) is 41.6 Å². The molecule has 0 spiro atoms. The summed E-state index contributed by atoms with van der Waals surface area (Å²) in [5, 5.41) is 16.1. The molecule has 2 amide bonds. The maximum absolute atomic E-state index is 11.7. The highest BCUT2D eigenvalue weighted by atomic mass is 16.2. The molecule has 0 bridgehead atoms. The van der Waals surface area contributed by atoms with E-state index in [0.717, 1.165) is 12.8 Å². The third kappa shape index (κ3) is 4.49. The van der Waals surface area contributed by atoms with Crippen molar-refractivity contribution in [3.05, 3.63) is 17.8 Å². The van der Waals surface area contributed by atoms with Gasteiger partial charge in [0.25, 0.3) is 5.91 Å². The lowest BCUT2D eigenvalue weighted by Gasteiger charge is -2.05. The standard InChI is InChI=1S/C13H19N5O2/c1-14-11-7-6-10(17-18-11)13(20)15-8-2-3-12(19)16-9-4-5-9/h6-7,9H,2-5,8H2,1H3,(H,14,18)(H,15,20)(H,16,19). The van der Waals surface area contributed by atoms with Gasteiger partial charge in [0.1, 0.15) is 5.82 Å². The number of anilines is 1. The molecule has 1 aromatic rings. The largest absolute Gasteiger partial charge is 0.372 e. The highest BCUT2D eigenvalue weighted by Gasteiger charge is 2.22. The first-order chi connectivity index (χ1) is 9.69. The Morgan fingerprint density at radius 1 is 1.30 bits per heavy atom. The van der Waals surface area contributed by atoms with Gasteiger partial charge in [-0.2, -0.15) is 0 Å². The summed E-state index contributed by atoms with van der Waals surface area (Å²) in [5.41, 5.74) is 0.270. The van der Waals surface area contributed by atoms with Crippen molar-refractivity contribution in [2.45, 2.75) is 31.7 Å². The molecule has 1 aliphatic rings. The van der Waals surface area contributed by atoms with E-state index in [0.29, 0.717) is 31.2 Å². The molecule has 1 heterocycles. The van der Waals surface area contributed by atoms with Crippen molar-refractivity contribution in [3.8, 4) is 0 Å². The van der Waals surface area contributed by atoms with Crippen LogP contribution in [0.1, 0.15) is 36.2 Å². The Kier molecular flexibility index (Phi) is 4.86. The monoisotopic (exact) mass is 277 g/mol. The first-order valence-corrected chi connectivity index (χ1v) is 6.78. The van der Waals surface area contributed by atoms with Crippen molar-refractivity contribution >= 4 is 17.6 Å². The highest BCUT2D eigenvalue weighted by Crippen LogP contribution is 2.18.